The maximum Gasteiger partial charge on any atom is 0.234 e. The van der Waals surface area contributed by atoms with Gasteiger partial charge in [-0.15, -0.1) is 11.3 Å². The van der Waals surface area contributed by atoms with Gasteiger partial charge in [0.05, 0.1) is 17.7 Å². The van der Waals surface area contributed by atoms with Gasteiger partial charge in [-0.25, -0.2) is 4.98 Å². The van der Waals surface area contributed by atoms with Crippen LogP contribution in [-0.4, -0.2) is 24.1 Å². The van der Waals surface area contributed by atoms with Crippen LogP contribution in [0.3, 0.4) is 0 Å². The Balaban J connectivity index is 1.98. The quantitative estimate of drug-likeness (QED) is 0.929. The lowest BCUT2D eigenvalue weighted by Crippen LogP contribution is -2.40. The van der Waals surface area contributed by atoms with Crippen LogP contribution in [0.25, 0.3) is 0 Å². The lowest BCUT2D eigenvalue weighted by Gasteiger charge is -2.31. The van der Waals surface area contributed by atoms with Crippen LogP contribution in [0.4, 0.5) is 5.13 Å². The molecule has 0 aromatic carbocycles. The Morgan fingerprint density at radius 3 is 2.90 bits per heavy atom. The number of hydrogen-bond acceptors (Lipinski definition) is 4. The average molecular weight is 296 g/mol. The van der Waals surface area contributed by atoms with Crippen molar-refractivity contribution in [3.63, 3.8) is 0 Å². The van der Waals surface area contributed by atoms with Crippen molar-refractivity contribution in [2.75, 3.05) is 18.5 Å². The Kier molecular flexibility index (Phi) is 4.49. The highest BCUT2D eigenvalue weighted by molar-refractivity contribution is 7.13. The van der Waals surface area contributed by atoms with E-state index in [9.17, 15) is 4.79 Å². The van der Waals surface area contributed by atoms with Gasteiger partial charge in [0.25, 0.3) is 0 Å². The molecule has 2 heterocycles. The summed E-state index contributed by atoms with van der Waals surface area (Å²) >= 11 is 1.50. The molecule has 2 rings (SSSR count). The van der Waals surface area contributed by atoms with E-state index in [1.807, 2.05) is 12.3 Å². The molecular formula is C15H24N2O2S. The summed E-state index contributed by atoms with van der Waals surface area (Å²) in [5.74, 6) is 0.0221. The third kappa shape index (κ3) is 4.03. The fourth-order valence-corrected chi connectivity index (χ4v) is 3.06. The van der Waals surface area contributed by atoms with E-state index >= 15 is 0 Å². The third-order valence-electron chi connectivity index (χ3n) is 3.47. The SMILES string of the molecule is CC(C)(C)Cc1csc(NC(=O)C2(C)CCCOC2)n1. The molecule has 1 aromatic rings. The van der Waals surface area contributed by atoms with Crippen LogP contribution in [0.15, 0.2) is 5.38 Å². The van der Waals surface area contributed by atoms with Gasteiger partial charge in [-0.3, -0.25) is 4.79 Å². The molecule has 0 aliphatic carbocycles. The summed E-state index contributed by atoms with van der Waals surface area (Å²) in [7, 11) is 0. The van der Waals surface area contributed by atoms with E-state index < -0.39 is 5.41 Å². The normalized spacial score (nSPS) is 23.6. The van der Waals surface area contributed by atoms with E-state index in [4.69, 9.17) is 4.74 Å². The van der Waals surface area contributed by atoms with E-state index in [1.54, 1.807) is 0 Å². The maximum atomic E-state index is 12.4. The van der Waals surface area contributed by atoms with Crippen LogP contribution < -0.4 is 5.32 Å². The highest BCUT2D eigenvalue weighted by Crippen LogP contribution is 2.30. The summed E-state index contributed by atoms with van der Waals surface area (Å²) in [6.07, 6.45) is 2.73. The number of hydrogen-bond donors (Lipinski definition) is 1. The molecule has 1 fully saturated rings. The summed E-state index contributed by atoms with van der Waals surface area (Å²) in [6.45, 7) is 9.78. The summed E-state index contributed by atoms with van der Waals surface area (Å²) < 4.78 is 5.44. The second-order valence-corrected chi connectivity index (χ2v) is 7.91. The molecule has 1 amide bonds. The predicted molar refractivity (Wildman–Crippen MR) is 82.1 cm³/mol. The summed E-state index contributed by atoms with van der Waals surface area (Å²) in [6, 6.07) is 0. The minimum atomic E-state index is -0.423. The summed E-state index contributed by atoms with van der Waals surface area (Å²) in [4.78, 5) is 16.9. The third-order valence-corrected chi connectivity index (χ3v) is 4.28. The van der Waals surface area contributed by atoms with Crippen molar-refractivity contribution in [2.45, 2.75) is 47.0 Å². The van der Waals surface area contributed by atoms with Crippen LogP contribution in [0.2, 0.25) is 0 Å². The van der Waals surface area contributed by atoms with E-state index in [1.165, 1.54) is 11.3 Å². The summed E-state index contributed by atoms with van der Waals surface area (Å²) in [5.41, 5.74) is 0.829. The first kappa shape index (κ1) is 15.4. The molecule has 1 aliphatic heterocycles. The number of aromatic nitrogens is 1. The van der Waals surface area contributed by atoms with Crippen LogP contribution in [-0.2, 0) is 16.0 Å². The zero-order valence-electron chi connectivity index (χ0n) is 12.8. The van der Waals surface area contributed by atoms with E-state index in [0.29, 0.717) is 11.7 Å². The highest BCUT2D eigenvalue weighted by Gasteiger charge is 2.36. The van der Waals surface area contributed by atoms with Crippen LogP contribution in [0.1, 0.15) is 46.2 Å². The first-order chi connectivity index (χ1) is 9.28. The topological polar surface area (TPSA) is 51.2 Å². The van der Waals surface area contributed by atoms with Gasteiger partial charge in [-0.05, 0) is 31.6 Å². The smallest absolute Gasteiger partial charge is 0.234 e. The fraction of sp³-hybridized carbons (Fsp3) is 0.733. The van der Waals surface area contributed by atoms with Gasteiger partial charge < -0.3 is 10.1 Å². The lowest BCUT2D eigenvalue weighted by molar-refractivity contribution is -0.131. The number of amides is 1. The minimum absolute atomic E-state index is 0.0221. The Hall–Kier alpha value is -0.940. The number of anilines is 1. The van der Waals surface area contributed by atoms with Gasteiger partial charge in [0.1, 0.15) is 0 Å². The molecule has 1 saturated heterocycles. The van der Waals surface area contributed by atoms with Crippen LogP contribution in [0.5, 0.6) is 0 Å². The largest absolute Gasteiger partial charge is 0.380 e. The van der Waals surface area contributed by atoms with Crippen molar-refractivity contribution in [1.82, 2.24) is 4.98 Å². The Labute approximate surface area is 124 Å². The molecule has 0 bridgehead atoms. The van der Waals surface area contributed by atoms with Crippen molar-refractivity contribution in [2.24, 2.45) is 10.8 Å². The molecule has 1 aliphatic rings. The molecule has 1 aromatic heterocycles. The Morgan fingerprint density at radius 2 is 2.30 bits per heavy atom. The summed E-state index contributed by atoms with van der Waals surface area (Å²) in [5, 5.41) is 5.67. The number of ether oxygens (including phenoxy) is 1. The van der Waals surface area contributed by atoms with Crippen molar-refractivity contribution in [3.8, 4) is 0 Å². The standard InChI is InChI=1S/C15H24N2O2S/c1-14(2,3)8-11-9-20-13(16-11)17-12(18)15(4)6-5-7-19-10-15/h9H,5-8,10H2,1-4H3,(H,16,17,18). The van der Waals surface area contributed by atoms with Gasteiger partial charge in [0, 0.05) is 12.0 Å². The number of nitrogens with one attached hydrogen (secondary N) is 1. The van der Waals surface area contributed by atoms with Gasteiger partial charge in [-0.1, -0.05) is 20.8 Å². The molecule has 20 heavy (non-hydrogen) atoms. The molecular weight excluding hydrogens is 272 g/mol. The molecule has 1 atom stereocenters. The van der Waals surface area contributed by atoms with Gasteiger partial charge in [0.15, 0.2) is 5.13 Å². The van der Waals surface area contributed by atoms with Gasteiger partial charge in [-0.2, -0.15) is 0 Å². The number of carbonyl (C=O) groups is 1. The maximum absolute atomic E-state index is 12.4. The monoisotopic (exact) mass is 296 g/mol. The lowest BCUT2D eigenvalue weighted by atomic mass is 9.84. The number of rotatable bonds is 3. The Bertz CT molecular complexity index is 470. The van der Waals surface area contributed by atoms with E-state index in [0.717, 1.165) is 31.6 Å². The predicted octanol–water partition coefficient (Wildman–Crippen LogP) is 3.49. The fourth-order valence-electron chi connectivity index (χ4n) is 2.35. The van der Waals surface area contributed by atoms with Gasteiger partial charge >= 0.3 is 0 Å². The molecule has 5 heteroatoms. The van der Waals surface area contributed by atoms with Crippen molar-refractivity contribution >= 4 is 22.4 Å². The second-order valence-electron chi connectivity index (χ2n) is 7.05. The minimum Gasteiger partial charge on any atom is -0.380 e. The first-order valence-corrected chi connectivity index (χ1v) is 8.00. The molecule has 0 radical (unpaired) electrons. The molecule has 1 unspecified atom stereocenters. The number of thiazole rings is 1. The van der Waals surface area contributed by atoms with Crippen LogP contribution >= 0.6 is 11.3 Å². The van der Waals surface area contributed by atoms with Crippen molar-refractivity contribution < 1.29 is 9.53 Å². The highest BCUT2D eigenvalue weighted by atomic mass is 32.1. The number of nitrogens with zero attached hydrogens (tertiary/aromatic N) is 1. The first-order valence-electron chi connectivity index (χ1n) is 7.12. The molecule has 0 spiro atoms. The van der Waals surface area contributed by atoms with Gasteiger partial charge in [0.2, 0.25) is 5.91 Å². The van der Waals surface area contributed by atoms with Crippen molar-refractivity contribution in [1.29, 1.82) is 0 Å². The van der Waals surface area contributed by atoms with Crippen LogP contribution in [0, 0.1) is 10.8 Å². The zero-order valence-corrected chi connectivity index (χ0v) is 13.6. The average Bonchev–Trinajstić information content (AvgIpc) is 2.75. The van der Waals surface area contributed by atoms with Crippen molar-refractivity contribution in [3.05, 3.63) is 11.1 Å². The second kappa shape index (κ2) is 5.82. The van der Waals surface area contributed by atoms with E-state index in [2.05, 4.69) is 31.1 Å². The molecule has 1 N–H and O–H groups in total. The van der Waals surface area contributed by atoms with E-state index in [-0.39, 0.29) is 11.3 Å². The Morgan fingerprint density at radius 1 is 1.55 bits per heavy atom. The molecule has 0 saturated carbocycles. The zero-order chi connectivity index (χ0) is 14.8. The number of carbonyl (C=O) groups excluding carboxylic acids is 1. The molecule has 4 nitrogen and oxygen atoms in total. The molecule has 112 valence electrons.